The molecule has 1 saturated heterocycles. The average molecular weight is 397 g/mol. The van der Waals surface area contributed by atoms with Crippen LogP contribution >= 0.6 is 15.9 Å². The molecule has 0 spiro atoms. The Balaban J connectivity index is 1.65. The third-order valence-corrected chi connectivity index (χ3v) is 5.13. The van der Waals surface area contributed by atoms with Crippen LogP contribution in [0.1, 0.15) is 34.8 Å². The molecule has 2 heterocycles. The lowest BCUT2D eigenvalue weighted by Gasteiger charge is -2.24. The zero-order valence-electron chi connectivity index (χ0n) is 13.6. The molecule has 2 aromatic carbocycles. The van der Waals surface area contributed by atoms with Crippen LogP contribution in [0.5, 0.6) is 0 Å². The number of carbonyl (C=O) groups excluding carboxylic acids is 1. The molecule has 1 fully saturated rings. The molecule has 0 radical (unpaired) electrons. The molecule has 3 aromatic rings. The van der Waals surface area contributed by atoms with Gasteiger partial charge in [-0.3, -0.25) is 4.79 Å². The number of benzene rings is 2. The summed E-state index contributed by atoms with van der Waals surface area (Å²) in [5, 5.41) is 3.88. The van der Waals surface area contributed by atoms with E-state index < -0.39 is 0 Å². The van der Waals surface area contributed by atoms with Gasteiger partial charge in [-0.1, -0.05) is 51.4 Å². The van der Waals surface area contributed by atoms with Crippen LogP contribution in [0.3, 0.4) is 0 Å². The highest BCUT2D eigenvalue weighted by Gasteiger charge is 2.33. The van der Waals surface area contributed by atoms with Crippen LogP contribution < -0.4 is 0 Å². The molecule has 1 aliphatic rings. The van der Waals surface area contributed by atoms with E-state index in [2.05, 4.69) is 33.2 Å². The molecule has 0 aliphatic carbocycles. The molecule has 1 amide bonds. The molecule has 5 heteroatoms. The quantitative estimate of drug-likeness (QED) is 0.619. The molecule has 1 atom stereocenters. The topological polar surface area (TPSA) is 46.3 Å². The summed E-state index contributed by atoms with van der Waals surface area (Å²) < 4.78 is 6.38. The molecule has 1 unspecified atom stereocenters. The Bertz CT molecular complexity index is 874. The number of halogens is 1. The Morgan fingerprint density at radius 2 is 1.88 bits per heavy atom. The van der Waals surface area contributed by atoms with Gasteiger partial charge < -0.3 is 9.42 Å². The van der Waals surface area contributed by atoms with Crippen molar-refractivity contribution < 1.29 is 9.32 Å². The minimum Gasteiger partial charge on any atom is -0.355 e. The van der Waals surface area contributed by atoms with Crippen molar-refractivity contribution in [2.75, 3.05) is 6.54 Å². The molecule has 0 bridgehead atoms. The van der Waals surface area contributed by atoms with Crippen molar-refractivity contribution in [3.05, 3.63) is 76.4 Å². The number of nitrogens with zero attached hydrogens (tertiary/aromatic N) is 2. The Labute approximate surface area is 154 Å². The van der Waals surface area contributed by atoms with Crippen LogP contribution in [0.2, 0.25) is 0 Å². The summed E-state index contributed by atoms with van der Waals surface area (Å²) in [6, 6.07) is 18.0. The number of rotatable bonds is 3. The maximum absolute atomic E-state index is 13.2. The summed E-state index contributed by atoms with van der Waals surface area (Å²) in [6.45, 7) is 0.753. The summed E-state index contributed by atoms with van der Waals surface area (Å²) >= 11 is 3.42. The first-order chi connectivity index (χ1) is 12.2. The van der Waals surface area contributed by atoms with Crippen LogP contribution in [-0.4, -0.2) is 22.5 Å². The summed E-state index contributed by atoms with van der Waals surface area (Å²) in [5.74, 6) is 0.502. The predicted octanol–water partition coefficient (Wildman–Crippen LogP) is 5.08. The van der Waals surface area contributed by atoms with E-state index in [4.69, 9.17) is 4.52 Å². The van der Waals surface area contributed by atoms with E-state index in [1.54, 1.807) is 0 Å². The van der Waals surface area contributed by atoms with Gasteiger partial charge in [0.2, 0.25) is 0 Å². The highest BCUT2D eigenvalue weighted by Crippen LogP contribution is 2.35. The molecule has 1 aliphatic heterocycles. The standard InChI is InChI=1S/C20H17BrN2O2/c21-16-10-8-15(9-11-16)19-17(13-22-25-19)20(24)23-12-4-7-18(23)14-5-2-1-3-6-14/h1-3,5-6,8-11,13,18H,4,7,12H2. The van der Waals surface area contributed by atoms with Gasteiger partial charge >= 0.3 is 0 Å². The lowest BCUT2D eigenvalue weighted by Crippen LogP contribution is -2.30. The molecule has 4 nitrogen and oxygen atoms in total. The lowest BCUT2D eigenvalue weighted by molar-refractivity contribution is 0.0736. The van der Waals surface area contributed by atoms with Gasteiger partial charge in [0.05, 0.1) is 12.2 Å². The maximum atomic E-state index is 13.2. The lowest BCUT2D eigenvalue weighted by atomic mass is 10.0. The molecule has 0 saturated carbocycles. The van der Waals surface area contributed by atoms with Crippen molar-refractivity contribution in [3.63, 3.8) is 0 Å². The van der Waals surface area contributed by atoms with Crippen molar-refractivity contribution in [2.24, 2.45) is 0 Å². The SMILES string of the molecule is O=C(c1cnoc1-c1ccc(Br)cc1)N1CCCC1c1ccccc1. The minimum atomic E-state index is -0.0227. The van der Waals surface area contributed by atoms with E-state index in [-0.39, 0.29) is 11.9 Å². The Morgan fingerprint density at radius 1 is 1.12 bits per heavy atom. The first-order valence-electron chi connectivity index (χ1n) is 8.30. The Morgan fingerprint density at radius 3 is 2.64 bits per heavy atom. The fraction of sp³-hybridized carbons (Fsp3) is 0.200. The van der Waals surface area contributed by atoms with Gasteiger partial charge in [0.1, 0.15) is 5.56 Å². The molecule has 126 valence electrons. The Hall–Kier alpha value is -2.40. The van der Waals surface area contributed by atoms with E-state index >= 15 is 0 Å². The predicted molar refractivity (Wildman–Crippen MR) is 99.1 cm³/mol. The van der Waals surface area contributed by atoms with E-state index in [0.717, 1.165) is 29.4 Å². The zero-order valence-corrected chi connectivity index (χ0v) is 15.1. The van der Waals surface area contributed by atoms with Gasteiger partial charge in [0, 0.05) is 16.6 Å². The number of likely N-dealkylation sites (tertiary alicyclic amines) is 1. The first kappa shape index (κ1) is 16.1. The van der Waals surface area contributed by atoms with Crippen molar-refractivity contribution in [3.8, 4) is 11.3 Å². The van der Waals surface area contributed by atoms with Crippen LogP contribution in [0.15, 0.2) is 69.8 Å². The van der Waals surface area contributed by atoms with E-state index in [1.165, 1.54) is 11.8 Å². The van der Waals surface area contributed by atoms with Crippen LogP contribution in [0.4, 0.5) is 0 Å². The molecule has 0 N–H and O–H groups in total. The second-order valence-electron chi connectivity index (χ2n) is 6.14. The molecule has 4 rings (SSSR count). The van der Waals surface area contributed by atoms with Gasteiger partial charge in [0.15, 0.2) is 5.76 Å². The van der Waals surface area contributed by atoms with E-state index in [9.17, 15) is 4.79 Å². The van der Waals surface area contributed by atoms with E-state index in [1.807, 2.05) is 47.4 Å². The fourth-order valence-electron chi connectivity index (χ4n) is 3.39. The summed E-state index contributed by atoms with van der Waals surface area (Å²) in [5.41, 5.74) is 2.54. The minimum absolute atomic E-state index is 0.0227. The van der Waals surface area contributed by atoms with Crippen LogP contribution in [0, 0.1) is 0 Å². The number of aromatic nitrogens is 1. The van der Waals surface area contributed by atoms with Gasteiger partial charge in [0.25, 0.3) is 5.91 Å². The monoisotopic (exact) mass is 396 g/mol. The highest BCUT2D eigenvalue weighted by molar-refractivity contribution is 9.10. The van der Waals surface area contributed by atoms with Gasteiger partial charge in [-0.05, 0) is 42.7 Å². The second kappa shape index (κ2) is 6.84. The third kappa shape index (κ3) is 3.12. The van der Waals surface area contributed by atoms with Gasteiger partial charge in [-0.25, -0.2) is 0 Å². The van der Waals surface area contributed by atoms with E-state index in [0.29, 0.717) is 11.3 Å². The molecule has 1 aromatic heterocycles. The largest absolute Gasteiger partial charge is 0.355 e. The maximum Gasteiger partial charge on any atom is 0.259 e. The molecular weight excluding hydrogens is 380 g/mol. The summed E-state index contributed by atoms with van der Waals surface area (Å²) in [7, 11) is 0. The van der Waals surface area contributed by atoms with Crippen LogP contribution in [-0.2, 0) is 0 Å². The fourth-order valence-corrected chi connectivity index (χ4v) is 3.65. The van der Waals surface area contributed by atoms with Crippen molar-refractivity contribution >= 4 is 21.8 Å². The van der Waals surface area contributed by atoms with Gasteiger partial charge in [-0.15, -0.1) is 0 Å². The number of amides is 1. The Kier molecular flexibility index (Phi) is 4.40. The average Bonchev–Trinajstić information content (AvgIpc) is 3.32. The number of carbonyl (C=O) groups is 1. The normalized spacial score (nSPS) is 17.0. The summed E-state index contributed by atoms with van der Waals surface area (Å²) in [4.78, 5) is 15.1. The first-order valence-corrected chi connectivity index (χ1v) is 9.10. The van der Waals surface area contributed by atoms with Crippen molar-refractivity contribution in [1.82, 2.24) is 10.1 Å². The number of hydrogen-bond donors (Lipinski definition) is 0. The van der Waals surface area contributed by atoms with Gasteiger partial charge in [-0.2, -0.15) is 0 Å². The smallest absolute Gasteiger partial charge is 0.259 e. The molecular formula is C20H17BrN2O2. The third-order valence-electron chi connectivity index (χ3n) is 4.61. The zero-order chi connectivity index (χ0) is 17.2. The number of hydrogen-bond acceptors (Lipinski definition) is 3. The summed E-state index contributed by atoms with van der Waals surface area (Å²) in [6.07, 6.45) is 3.51. The van der Waals surface area contributed by atoms with Crippen molar-refractivity contribution in [1.29, 1.82) is 0 Å². The van der Waals surface area contributed by atoms with Crippen molar-refractivity contribution in [2.45, 2.75) is 18.9 Å². The van der Waals surface area contributed by atoms with Crippen LogP contribution in [0.25, 0.3) is 11.3 Å². The highest BCUT2D eigenvalue weighted by atomic mass is 79.9. The second-order valence-corrected chi connectivity index (χ2v) is 7.06. The molecule has 25 heavy (non-hydrogen) atoms.